The summed E-state index contributed by atoms with van der Waals surface area (Å²) >= 11 is 5.88. The molecule has 0 bridgehead atoms. The summed E-state index contributed by atoms with van der Waals surface area (Å²) in [5.41, 5.74) is 0.739. The van der Waals surface area contributed by atoms with Crippen LogP contribution in [-0.2, 0) is 0 Å². The minimum Gasteiger partial charge on any atom is -0.492 e. The Morgan fingerprint density at radius 2 is 2.04 bits per heavy atom. The highest BCUT2D eigenvalue weighted by Gasteiger charge is 2.05. The van der Waals surface area contributed by atoms with Crippen LogP contribution in [0.2, 0.25) is 5.02 Å². The number of hydrogen-bond donors (Lipinski definition) is 2. The molecule has 0 aliphatic heterocycles. The number of hydrogen-bond acceptors (Lipinski definition) is 3. The molecule has 2 amide bonds. The number of nitrogens with one attached hydrogen (secondary N) is 2. The molecule has 1 heterocycles. The second-order valence-corrected chi connectivity index (χ2v) is 5.53. The minimum absolute atomic E-state index is 0.283. The summed E-state index contributed by atoms with van der Waals surface area (Å²) in [6, 6.07) is 14.4. The van der Waals surface area contributed by atoms with E-state index in [2.05, 4.69) is 15.6 Å². The van der Waals surface area contributed by atoms with Gasteiger partial charge < -0.3 is 15.4 Å². The van der Waals surface area contributed by atoms with Crippen molar-refractivity contribution in [2.24, 2.45) is 0 Å². The number of urea groups is 1. The number of anilines is 1. The molecule has 3 aromatic rings. The molecule has 0 saturated carbocycles. The number of rotatable bonds is 5. The Labute approximate surface area is 144 Å². The lowest BCUT2D eigenvalue weighted by atomic mass is 10.1. The van der Waals surface area contributed by atoms with Gasteiger partial charge in [0, 0.05) is 28.2 Å². The normalized spacial score (nSPS) is 10.4. The van der Waals surface area contributed by atoms with E-state index in [1.807, 2.05) is 36.4 Å². The van der Waals surface area contributed by atoms with Crippen LogP contribution in [0.15, 0.2) is 60.9 Å². The fourth-order valence-electron chi connectivity index (χ4n) is 2.29. The molecule has 0 saturated heterocycles. The number of carbonyl (C=O) groups is 1. The maximum Gasteiger partial charge on any atom is 0.319 e. The number of aromatic nitrogens is 1. The van der Waals surface area contributed by atoms with Crippen LogP contribution < -0.4 is 15.4 Å². The summed E-state index contributed by atoms with van der Waals surface area (Å²) in [5.74, 6) is 0.672. The van der Waals surface area contributed by atoms with Crippen LogP contribution in [-0.4, -0.2) is 24.2 Å². The number of ether oxygens (including phenoxy) is 1. The first-order valence-electron chi connectivity index (χ1n) is 7.48. The highest BCUT2D eigenvalue weighted by atomic mass is 35.5. The maximum absolute atomic E-state index is 12.0. The molecule has 0 spiro atoms. The van der Waals surface area contributed by atoms with E-state index in [0.29, 0.717) is 23.9 Å². The molecule has 1 aromatic heterocycles. The first kappa shape index (κ1) is 16.1. The molecule has 0 radical (unpaired) electrons. The maximum atomic E-state index is 12.0. The lowest BCUT2D eigenvalue weighted by Crippen LogP contribution is -2.32. The zero-order chi connectivity index (χ0) is 16.8. The quantitative estimate of drug-likeness (QED) is 0.687. The average Bonchev–Trinajstić information content (AvgIpc) is 2.59. The van der Waals surface area contributed by atoms with Crippen molar-refractivity contribution in [1.82, 2.24) is 10.3 Å². The Bertz CT molecular complexity index is 849. The van der Waals surface area contributed by atoms with Crippen LogP contribution >= 0.6 is 11.6 Å². The largest absolute Gasteiger partial charge is 0.492 e. The van der Waals surface area contributed by atoms with E-state index in [4.69, 9.17) is 16.3 Å². The molecule has 0 unspecified atom stereocenters. The lowest BCUT2D eigenvalue weighted by Gasteiger charge is -2.11. The highest BCUT2D eigenvalue weighted by Crippen LogP contribution is 2.21. The number of nitrogens with zero attached hydrogens (tertiary/aromatic N) is 1. The summed E-state index contributed by atoms with van der Waals surface area (Å²) in [7, 11) is 0. The lowest BCUT2D eigenvalue weighted by molar-refractivity contribution is 0.247. The van der Waals surface area contributed by atoms with E-state index in [9.17, 15) is 4.79 Å². The van der Waals surface area contributed by atoms with Crippen molar-refractivity contribution < 1.29 is 9.53 Å². The molecule has 2 aromatic carbocycles. The standard InChI is InChI=1S/C18H16ClN3O2/c19-14-4-2-5-15(11-14)24-10-9-21-18(23)22-17-6-1-3-13-12-20-8-7-16(13)17/h1-8,11-12H,9-10H2,(H2,21,22,23). The third-order valence-corrected chi connectivity index (χ3v) is 3.62. The van der Waals surface area contributed by atoms with Gasteiger partial charge in [0.2, 0.25) is 0 Å². The molecule has 24 heavy (non-hydrogen) atoms. The molecule has 6 heteroatoms. The van der Waals surface area contributed by atoms with Crippen molar-refractivity contribution in [3.05, 3.63) is 65.9 Å². The number of fused-ring (bicyclic) bond motifs is 1. The number of benzene rings is 2. The molecular formula is C18H16ClN3O2. The Balaban J connectivity index is 1.50. The van der Waals surface area contributed by atoms with Crippen LogP contribution in [0.5, 0.6) is 5.75 Å². The molecular weight excluding hydrogens is 326 g/mol. The van der Waals surface area contributed by atoms with Crippen molar-refractivity contribution in [3.63, 3.8) is 0 Å². The molecule has 5 nitrogen and oxygen atoms in total. The second-order valence-electron chi connectivity index (χ2n) is 5.09. The van der Waals surface area contributed by atoms with Crippen LogP contribution in [0.25, 0.3) is 10.8 Å². The fraction of sp³-hybridized carbons (Fsp3) is 0.111. The fourth-order valence-corrected chi connectivity index (χ4v) is 2.47. The van der Waals surface area contributed by atoms with Crippen molar-refractivity contribution in [1.29, 1.82) is 0 Å². The zero-order valence-corrected chi connectivity index (χ0v) is 13.6. The van der Waals surface area contributed by atoms with Crippen molar-refractivity contribution in [2.45, 2.75) is 0 Å². The topological polar surface area (TPSA) is 63.2 Å². The van der Waals surface area contributed by atoms with Gasteiger partial charge in [0.15, 0.2) is 0 Å². The van der Waals surface area contributed by atoms with Gasteiger partial charge in [-0.05, 0) is 30.3 Å². The highest BCUT2D eigenvalue weighted by molar-refractivity contribution is 6.30. The van der Waals surface area contributed by atoms with Crippen LogP contribution in [0.1, 0.15) is 0 Å². The van der Waals surface area contributed by atoms with E-state index < -0.39 is 0 Å². The number of amides is 2. The van der Waals surface area contributed by atoms with Gasteiger partial charge in [0.05, 0.1) is 12.2 Å². The predicted octanol–water partition coefficient (Wildman–Crippen LogP) is 4.09. The Morgan fingerprint density at radius 3 is 2.92 bits per heavy atom. The first-order valence-corrected chi connectivity index (χ1v) is 7.86. The molecule has 0 fully saturated rings. The van der Waals surface area contributed by atoms with E-state index in [0.717, 1.165) is 16.5 Å². The third kappa shape index (κ3) is 4.14. The van der Waals surface area contributed by atoms with E-state index >= 15 is 0 Å². The van der Waals surface area contributed by atoms with Gasteiger partial charge in [-0.2, -0.15) is 0 Å². The summed E-state index contributed by atoms with van der Waals surface area (Å²) in [5, 5.41) is 8.12. The van der Waals surface area contributed by atoms with E-state index in [1.165, 1.54) is 0 Å². The minimum atomic E-state index is -0.283. The number of carbonyl (C=O) groups excluding carboxylic acids is 1. The van der Waals surface area contributed by atoms with Gasteiger partial charge in [-0.25, -0.2) is 4.79 Å². The molecule has 122 valence electrons. The molecule has 0 atom stereocenters. The molecule has 2 N–H and O–H groups in total. The summed E-state index contributed by atoms with van der Waals surface area (Å²) < 4.78 is 5.52. The van der Waals surface area contributed by atoms with Gasteiger partial charge in [-0.1, -0.05) is 29.8 Å². The number of halogens is 1. The van der Waals surface area contributed by atoms with Crippen LogP contribution in [0, 0.1) is 0 Å². The zero-order valence-electron chi connectivity index (χ0n) is 12.8. The first-order chi connectivity index (χ1) is 11.7. The monoisotopic (exact) mass is 341 g/mol. The van der Waals surface area contributed by atoms with Crippen molar-refractivity contribution in [2.75, 3.05) is 18.5 Å². The van der Waals surface area contributed by atoms with E-state index in [1.54, 1.807) is 24.5 Å². The SMILES string of the molecule is O=C(NCCOc1cccc(Cl)c1)Nc1cccc2cnccc12. The summed E-state index contributed by atoms with van der Waals surface area (Å²) in [4.78, 5) is 16.1. The molecule has 0 aliphatic carbocycles. The van der Waals surface area contributed by atoms with Gasteiger partial charge in [0.1, 0.15) is 12.4 Å². The van der Waals surface area contributed by atoms with Gasteiger partial charge in [0.25, 0.3) is 0 Å². The van der Waals surface area contributed by atoms with Crippen molar-refractivity contribution in [3.8, 4) is 5.75 Å². The van der Waals surface area contributed by atoms with Gasteiger partial charge in [-0.15, -0.1) is 0 Å². The van der Waals surface area contributed by atoms with Gasteiger partial charge >= 0.3 is 6.03 Å². The summed E-state index contributed by atoms with van der Waals surface area (Å²) in [6.07, 6.45) is 3.46. The Morgan fingerprint density at radius 1 is 1.17 bits per heavy atom. The summed E-state index contributed by atoms with van der Waals surface area (Å²) in [6.45, 7) is 0.734. The molecule has 3 rings (SSSR count). The smallest absolute Gasteiger partial charge is 0.319 e. The number of pyridine rings is 1. The average molecular weight is 342 g/mol. The molecule has 0 aliphatic rings. The van der Waals surface area contributed by atoms with Gasteiger partial charge in [-0.3, -0.25) is 4.98 Å². The van der Waals surface area contributed by atoms with Crippen LogP contribution in [0.3, 0.4) is 0 Å². The third-order valence-electron chi connectivity index (χ3n) is 3.38. The Kier molecular flexibility index (Phi) is 5.13. The Hall–Kier alpha value is -2.79. The second kappa shape index (κ2) is 7.66. The van der Waals surface area contributed by atoms with E-state index in [-0.39, 0.29) is 6.03 Å². The predicted molar refractivity (Wildman–Crippen MR) is 95.7 cm³/mol. The van der Waals surface area contributed by atoms with Crippen molar-refractivity contribution >= 4 is 34.1 Å². The van der Waals surface area contributed by atoms with Crippen LogP contribution in [0.4, 0.5) is 10.5 Å².